The van der Waals surface area contributed by atoms with Crippen molar-refractivity contribution in [3.05, 3.63) is 27.1 Å². The molecule has 4 nitrogen and oxygen atoms in total. The van der Waals surface area contributed by atoms with Crippen molar-refractivity contribution in [2.24, 2.45) is 11.7 Å². The minimum atomic E-state index is -0.388. The Morgan fingerprint density at radius 2 is 2.23 bits per heavy atom. The third-order valence-corrected chi connectivity index (χ3v) is 2.79. The minimum Gasteiger partial charge on any atom is -0.324 e. The zero-order valence-electron chi connectivity index (χ0n) is 7.56. The monoisotopic (exact) mass is 200 g/mol. The van der Waals surface area contributed by atoms with Gasteiger partial charge in [0, 0.05) is 17.5 Å². The Balaban J connectivity index is 2.85. The van der Waals surface area contributed by atoms with Crippen LogP contribution in [0.25, 0.3) is 0 Å². The lowest BCUT2D eigenvalue weighted by Crippen LogP contribution is -2.15. The van der Waals surface area contributed by atoms with E-state index < -0.39 is 0 Å². The molecule has 1 rings (SSSR count). The first-order valence-electron chi connectivity index (χ1n) is 4.00. The van der Waals surface area contributed by atoms with Crippen LogP contribution < -0.4 is 5.73 Å². The van der Waals surface area contributed by atoms with Crippen LogP contribution in [0.5, 0.6) is 0 Å². The molecule has 72 valence electrons. The Bertz CT molecular complexity index is 309. The molecule has 0 aliphatic heterocycles. The maximum atomic E-state index is 10.4. The SMILES string of the molecule is CC(C)C(N)c1csc([N+](=O)[O-])c1. The highest BCUT2D eigenvalue weighted by Gasteiger charge is 2.16. The van der Waals surface area contributed by atoms with E-state index in [9.17, 15) is 10.1 Å². The van der Waals surface area contributed by atoms with Crippen molar-refractivity contribution in [3.8, 4) is 0 Å². The molecule has 13 heavy (non-hydrogen) atoms. The predicted molar refractivity (Wildman–Crippen MR) is 52.7 cm³/mol. The summed E-state index contributed by atoms with van der Waals surface area (Å²) in [6.45, 7) is 3.99. The van der Waals surface area contributed by atoms with Crippen molar-refractivity contribution >= 4 is 16.3 Å². The fourth-order valence-electron chi connectivity index (χ4n) is 0.994. The fourth-order valence-corrected chi connectivity index (χ4v) is 1.77. The molecule has 1 atom stereocenters. The van der Waals surface area contributed by atoms with Crippen LogP contribution in [-0.2, 0) is 0 Å². The molecule has 0 radical (unpaired) electrons. The van der Waals surface area contributed by atoms with E-state index in [4.69, 9.17) is 5.73 Å². The molecular formula is C8H12N2O2S. The number of nitrogens with two attached hydrogens (primary N) is 1. The van der Waals surface area contributed by atoms with Gasteiger partial charge in [0.2, 0.25) is 0 Å². The standard InChI is InChI=1S/C8H12N2O2S/c1-5(2)8(9)6-3-7(10(11)12)13-4-6/h3-5,8H,9H2,1-2H3. The van der Waals surface area contributed by atoms with Crippen LogP contribution in [0.15, 0.2) is 11.4 Å². The lowest BCUT2D eigenvalue weighted by Gasteiger charge is -2.12. The molecule has 0 aromatic carbocycles. The van der Waals surface area contributed by atoms with Gasteiger partial charge in [-0.1, -0.05) is 25.2 Å². The molecule has 1 aromatic rings. The Kier molecular flexibility index (Phi) is 3.00. The second-order valence-electron chi connectivity index (χ2n) is 3.25. The molecular weight excluding hydrogens is 188 g/mol. The summed E-state index contributed by atoms with van der Waals surface area (Å²) in [7, 11) is 0. The van der Waals surface area contributed by atoms with E-state index in [1.54, 1.807) is 11.4 Å². The lowest BCUT2D eigenvalue weighted by molar-refractivity contribution is -0.380. The lowest BCUT2D eigenvalue weighted by atomic mass is 10.00. The Labute approximate surface area is 80.5 Å². The number of hydrogen-bond acceptors (Lipinski definition) is 4. The zero-order chi connectivity index (χ0) is 10.0. The summed E-state index contributed by atoms with van der Waals surface area (Å²) in [5.74, 6) is 0.300. The van der Waals surface area contributed by atoms with E-state index in [0.29, 0.717) is 5.92 Å². The summed E-state index contributed by atoms with van der Waals surface area (Å²) in [5.41, 5.74) is 6.69. The molecule has 2 N–H and O–H groups in total. The summed E-state index contributed by atoms with van der Waals surface area (Å²) in [5, 5.41) is 12.3. The molecule has 0 bridgehead atoms. The van der Waals surface area contributed by atoms with Gasteiger partial charge in [0.1, 0.15) is 0 Å². The summed E-state index contributed by atoms with van der Waals surface area (Å²) in [6, 6.07) is 1.44. The van der Waals surface area contributed by atoms with E-state index in [1.165, 1.54) is 0 Å². The predicted octanol–water partition coefficient (Wildman–Crippen LogP) is 2.31. The van der Waals surface area contributed by atoms with Crippen LogP contribution in [-0.4, -0.2) is 4.92 Å². The average molecular weight is 200 g/mol. The van der Waals surface area contributed by atoms with Crippen LogP contribution in [0.3, 0.4) is 0 Å². The van der Waals surface area contributed by atoms with Crippen LogP contribution in [0.1, 0.15) is 25.5 Å². The van der Waals surface area contributed by atoms with Gasteiger partial charge in [-0.05, 0) is 11.5 Å². The highest BCUT2D eigenvalue weighted by atomic mass is 32.1. The summed E-state index contributed by atoms with van der Waals surface area (Å²) in [4.78, 5) is 9.99. The Morgan fingerprint density at radius 1 is 1.62 bits per heavy atom. The molecule has 5 heteroatoms. The van der Waals surface area contributed by atoms with Gasteiger partial charge in [0.15, 0.2) is 0 Å². The second-order valence-corrected chi connectivity index (χ2v) is 4.13. The van der Waals surface area contributed by atoms with Crippen molar-refractivity contribution in [2.75, 3.05) is 0 Å². The zero-order valence-corrected chi connectivity index (χ0v) is 8.38. The molecule has 1 heterocycles. The number of nitro groups is 1. The van der Waals surface area contributed by atoms with Crippen LogP contribution in [0, 0.1) is 16.0 Å². The van der Waals surface area contributed by atoms with Gasteiger partial charge in [0.25, 0.3) is 0 Å². The van der Waals surface area contributed by atoms with E-state index in [1.807, 2.05) is 13.8 Å². The third-order valence-electron chi connectivity index (χ3n) is 1.89. The molecule has 0 fully saturated rings. The highest BCUT2D eigenvalue weighted by molar-refractivity contribution is 7.13. The van der Waals surface area contributed by atoms with Crippen molar-refractivity contribution in [2.45, 2.75) is 19.9 Å². The molecule has 0 amide bonds. The Morgan fingerprint density at radius 3 is 2.62 bits per heavy atom. The van der Waals surface area contributed by atoms with E-state index in [-0.39, 0.29) is 16.0 Å². The van der Waals surface area contributed by atoms with E-state index in [2.05, 4.69) is 0 Å². The average Bonchev–Trinajstić information content (AvgIpc) is 2.50. The highest BCUT2D eigenvalue weighted by Crippen LogP contribution is 2.28. The quantitative estimate of drug-likeness (QED) is 0.601. The molecule has 0 saturated heterocycles. The molecule has 0 saturated carbocycles. The van der Waals surface area contributed by atoms with Crippen molar-refractivity contribution in [1.82, 2.24) is 0 Å². The van der Waals surface area contributed by atoms with E-state index in [0.717, 1.165) is 16.9 Å². The maximum absolute atomic E-state index is 10.4. The number of nitrogens with zero attached hydrogens (tertiary/aromatic N) is 1. The van der Waals surface area contributed by atoms with Crippen LogP contribution >= 0.6 is 11.3 Å². The van der Waals surface area contributed by atoms with Crippen molar-refractivity contribution in [1.29, 1.82) is 0 Å². The number of hydrogen-bond donors (Lipinski definition) is 1. The van der Waals surface area contributed by atoms with Gasteiger partial charge >= 0.3 is 5.00 Å². The normalized spacial score (nSPS) is 13.2. The maximum Gasteiger partial charge on any atom is 0.324 e. The van der Waals surface area contributed by atoms with Gasteiger partial charge < -0.3 is 5.73 Å². The molecule has 0 aliphatic rings. The summed E-state index contributed by atoms with van der Waals surface area (Å²) in [6.07, 6.45) is 0. The van der Waals surface area contributed by atoms with Crippen molar-refractivity contribution < 1.29 is 4.92 Å². The van der Waals surface area contributed by atoms with Gasteiger partial charge in [-0.25, -0.2) is 0 Å². The third kappa shape index (κ3) is 2.26. The molecule has 1 aromatic heterocycles. The smallest absolute Gasteiger partial charge is 0.324 e. The summed E-state index contributed by atoms with van der Waals surface area (Å²) < 4.78 is 0. The second kappa shape index (κ2) is 3.85. The fraction of sp³-hybridized carbons (Fsp3) is 0.500. The number of thiophene rings is 1. The number of rotatable bonds is 3. The van der Waals surface area contributed by atoms with Crippen LogP contribution in [0.4, 0.5) is 5.00 Å². The first-order valence-corrected chi connectivity index (χ1v) is 4.88. The molecule has 0 spiro atoms. The van der Waals surface area contributed by atoms with Crippen molar-refractivity contribution in [3.63, 3.8) is 0 Å². The first-order chi connectivity index (χ1) is 6.02. The molecule has 0 aliphatic carbocycles. The van der Waals surface area contributed by atoms with Gasteiger partial charge in [-0.3, -0.25) is 10.1 Å². The minimum absolute atomic E-state index is 0.107. The molecule has 1 unspecified atom stereocenters. The van der Waals surface area contributed by atoms with E-state index >= 15 is 0 Å². The topological polar surface area (TPSA) is 69.2 Å². The Hall–Kier alpha value is -0.940. The summed E-state index contributed by atoms with van der Waals surface area (Å²) >= 11 is 1.12. The largest absolute Gasteiger partial charge is 0.324 e. The van der Waals surface area contributed by atoms with Gasteiger partial charge in [0.05, 0.1) is 4.92 Å². The van der Waals surface area contributed by atoms with Crippen LogP contribution in [0.2, 0.25) is 0 Å². The first kappa shape index (κ1) is 10.1. The van der Waals surface area contributed by atoms with Gasteiger partial charge in [-0.15, -0.1) is 0 Å². The van der Waals surface area contributed by atoms with Gasteiger partial charge in [-0.2, -0.15) is 0 Å².